The van der Waals surface area contributed by atoms with E-state index in [0.29, 0.717) is 18.9 Å². The van der Waals surface area contributed by atoms with E-state index in [2.05, 4.69) is 10.6 Å². The number of piperidine rings is 1. The molecule has 3 rings (SSSR count). The van der Waals surface area contributed by atoms with E-state index in [-0.39, 0.29) is 23.1 Å². The molecule has 0 aromatic heterocycles. The van der Waals surface area contributed by atoms with E-state index in [1.165, 1.54) is 12.1 Å². The van der Waals surface area contributed by atoms with Crippen LogP contribution in [0.1, 0.15) is 19.3 Å². The Morgan fingerprint density at radius 2 is 2.05 bits per heavy atom. The van der Waals surface area contributed by atoms with Gasteiger partial charge in [-0.2, -0.15) is 0 Å². The van der Waals surface area contributed by atoms with Crippen LogP contribution in [0.15, 0.2) is 24.3 Å². The largest absolute Gasteiger partial charge is 0.492 e. The van der Waals surface area contributed by atoms with Gasteiger partial charge in [-0.15, -0.1) is 0 Å². The zero-order chi connectivity index (χ0) is 14.7. The van der Waals surface area contributed by atoms with Crippen LogP contribution < -0.4 is 15.4 Å². The highest BCUT2D eigenvalue weighted by Gasteiger charge is 2.57. The number of halogens is 1. The molecule has 5 heteroatoms. The highest BCUT2D eigenvalue weighted by Crippen LogP contribution is 2.58. The summed E-state index contributed by atoms with van der Waals surface area (Å²) in [7, 11) is 0. The molecule has 21 heavy (non-hydrogen) atoms. The van der Waals surface area contributed by atoms with E-state index in [4.69, 9.17) is 4.74 Å². The molecule has 1 saturated heterocycles. The van der Waals surface area contributed by atoms with Gasteiger partial charge in [-0.25, -0.2) is 4.39 Å². The van der Waals surface area contributed by atoms with Gasteiger partial charge < -0.3 is 15.4 Å². The van der Waals surface area contributed by atoms with Crippen molar-refractivity contribution in [1.82, 2.24) is 10.6 Å². The fourth-order valence-corrected chi connectivity index (χ4v) is 3.19. The van der Waals surface area contributed by atoms with Crippen molar-refractivity contribution in [2.45, 2.75) is 19.3 Å². The standard InChI is InChI=1S/C16H21FN2O2/c17-12-1-3-13(4-2-12)21-10-9-19-15(20)14-11-16(14)5-7-18-8-6-16/h1-4,14,18H,5-11H2,(H,19,20). The van der Waals surface area contributed by atoms with Gasteiger partial charge in [0.2, 0.25) is 5.91 Å². The highest BCUT2D eigenvalue weighted by atomic mass is 19.1. The number of amides is 1. The van der Waals surface area contributed by atoms with Crippen LogP contribution in [-0.4, -0.2) is 32.1 Å². The van der Waals surface area contributed by atoms with Crippen molar-refractivity contribution >= 4 is 5.91 Å². The molecular weight excluding hydrogens is 271 g/mol. The van der Waals surface area contributed by atoms with E-state index >= 15 is 0 Å². The lowest BCUT2D eigenvalue weighted by atomic mass is 9.92. The van der Waals surface area contributed by atoms with Gasteiger partial charge in [0.25, 0.3) is 0 Å². The molecule has 1 aromatic carbocycles. The first kappa shape index (κ1) is 14.3. The van der Waals surface area contributed by atoms with Crippen LogP contribution in [0.4, 0.5) is 4.39 Å². The second-order valence-corrected chi connectivity index (χ2v) is 5.96. The van der Waals surface area contributed by atoms with Gasteiger partial charge in [-0.1, -0.05) is 0 Å². The first-order chi connectivity index (χ1) is 10.2. The van der Waals surface area contributed by atoms with Crippen molar-refractivity contribution in [1.29, 1.82) is 0 Å². The lowest BCUT2D eigenvalue weighted by molar-refractivity contribution is -0.123. The molecule has 1 aromatic rings. The smallest absolute Gasteiger partial charge is 0.223 e. The maximum atomic E-state index is 12.7. The van der Waals surface area contributed by atoms with Crippen LogP contribution in [0.2, 0.25) is 0 Å². The minimum Gasteiger partial charge on any atom is -0.492 e. The van der Waals surface area contributed by atoms with E-state index in [1.807, 2.05) is 0 Å². The van der Waals surface area contributed by atoms with Crippen LogP contribution in [0.5, 0.6) is 5.75 Å². The fourth-order valence-electron chi connectivity index (χ4n) is 3.19. The number of hydrogen-bond donors (Lipinski definition) is 2. The van der Waals surface area contributed by atoms with Crippen molar-refractivity contribution in [2.24, 2.45) is 11.3 Å². The van der Waals surface area contributed by atoms with Gasteiger partial charge in [0.15, 0.2) is 0 Å². The Kier molecular flexibility index (Phi) is 4.10. The third-order valence-corrected chi connectivity index (χ3v) is 4.59. The summed E-state index contributed by atoms with van der Waals surface area (Å²) in [6.45, 7) is 2.94. The summed E-state index contributed by atoms with van der Waals surface area (Å²) in [5.41, 5.74) is 0.271. The Balaban J connectivity index is 1.36. The van der Waals surface area contributed by atoms with Gasteiger partial charge in [-0.3, -0.25) is 4.79 Å². The molecule has 2 N–H and O–H groups in total. The predicted octanol–water partition coefficient (Wildman–Crippen LogP) is 1.71. The van der Waals surface area contributed by atoms with Gasteiger partial charge in [0, 0.05) is 5.92 Å². The number of ether oxygens (including phenoxy) is 1. The first-order valence-electron chi connectivity index (χ1n) is 7.56. The summed E-state index contributed by atoms with van der Waals surface area (Å²) in [6.07, 6.45) is 3.24. The van der Waals surface area contributed by atoms with Crippen LogP contribution in [0.25, 0.3) is 0 Å². The molecule has 2 fully saturated rings. The number of carbonyl (C=O) groups excluding carboxylic acids is 1. The number of carbonyl (C=O) groups is 1. The average Bonchev–Trinajstić information content (AvgIpc) is 3.19. The Hall–Kier alpha value is -1.62. The van der Waals surface area contributed by atoms with Gasteiger partial charge >= 0.3 is 0 Å². The molecule has 1 unspecified atom stereocenters. The van der Waals surface area contributed by atoms with Crippen molar-refractivity contribution in [3.05, 3.63) is 30.1 Å². The van der Waals surface area contributed by atoms with Gasteiger partial charge in [0.05, 0.1) is 6.54 Å². The number of rotatable bonds is 5. The third kappa shape index (κ3) is 3.35. The van der Waals surface area contributed by atoms with E-state index in [0.717, 1.165) is 32.4 Å². The summed E-state index contributed by atoms with van der Waals surface area (Å²) in [5, 5.41) is 6.28. The molecule has 1 heterocycles. The zero-order valence-corrected chi connectivity index (χ0v) is 12.0. The quantitative estimate of drug-likeness (QED) is 0.812. The second-order valence-electron chi connectivity index (χ2n) is 5.96. The molecule has 0 bridgehead atoms. The molecule has 1 saturated carbocycles. The highest BCUT2D eigenvalue weighted by molar-refractivity contribution is 5.82. The zero-order valence-electron chi connectivity index (χ0n) is 12.0. The molecule has 1 aliphatic carbocycles. The average molecular weight is 292 g/mol. The summed E-state index contributed by atoms with van der Waals surface area (Å²) < 4.78 is 18.2. The summed E-state index contributed by atoms with van der Waals surface area (Å²) >= 11 is 0. The Bertz CT molecular complexity index is 498. The summed E-state index contributed by atoms with van der Waals surface area (Å²) in [4.78, 5) is 12.1. The maximum Gasteiger partial charge on any atom is 0.223 e. The monoisotopic (exact) mass is 292 g/mol. The van der Waals surface area contributed by atoms with E-state index < -0.39 is 0 Å². The topological polar surface area (TPSA) is 50.4 Å². The second kappa shape index (κ2) is 6.02. The number of hydrogen-bond acceptors (Lipinski definition) is 3. The van der Waals surface area contributed by atoms with Crippen LogP contribution in [0.3, 0.4) is 0 Å². The van der Waals surface area contributed by atoms with Crippen LogP contribution in [-0.2, 0) is 4.79 Å². The minimum atomic E-state index is -0.281. The molecule has 4 nitrogen and oxygen atoms in total. The Morgan fingerprint density at radius 3 is 2.76 bits per heavy atom. The molecule has 114 valence electrons. The summed E-state index contributed by atoms with van der Waals surface area (Å²) in [6, 6.07) is 5.89. The van der Waals surface area contributed by atoms with E-state index in [9.17, 15) is 9.18 Å². The molecule has 1 atom stereocenters. The molecule has 0 radical (unpaired) electrons. The molecule has 1 amide bonds. The third-order valence-electron chi connectivity index (χ3n) is 4.59. The fraction of sp³-hybridized carbons (Fsp3) is 0.562. The number of benzene rings is 1. The molecule has 2 aliphatic rings. The van der Waals surface area contributed by atoms with Crippen LogP contribution in [0, 0.1) is 17.2 Å². The van der Waals surface area contributed by atoms with E-state index in [1.54, 1.807) is 12.1 Å². The van der Waals surface area contributed by atoms with Crippen molar-refractivity contribution in [3.8, 4) is 5.75 Å². The summed E-state index contributed by atoms with van der Waals surface area (Å²) in [5.74, 6) is 0.675. The predicted molar refractivity (Wildman–Crippen MR) is 77.5 cm³/mol. The van der Waals surface area contributed by atoms with Crippen molar-refractivity contribution in [3.63, 3.8) is 0 Å². The van der Waals surface area contributed by atoms with Crippen molar-refractivity contribution < 1.29 is 13.9 Å². The molecular formula is C16H21FN2O2. The Morgan fingerprint density at radius 1 is 1.33 bits per heavy atom. The normalized spacial score (nSPS) is 22.8. The lowest BCUT2D eigenvalue weighted by Gasteiger charge is -2.23. The number of nitrogens with one attached hydrogen (secondary N) is 2. The van der Waals surface area contributed by atoms with Crippen molar-refractivity contribution in [2.75, 3.05) is 26.2 Å². The lowest BCUT2D eigenvalue weighted by Crippen LogP contribution is -2.35. The molecule has 1 spiro atoms. The van der Waals surface area contributed by atoms with Crippen LogP contribution >= 0.6 is 0 Å². The van der Waals surface area contributed by atoms with Gasteiger partial charge in [-0.05, 0) is 62.0 Å². The SMILES string of the molecule is O=C(NCCOc1ccc(F)cc1)C1CC12CCNCC2. The Labute approximate surface area is 124 Å². The maximum absolute atomic E-state index is 12.7. The first-order valence-corrected chi connectivity index (χ1v) is 7.56. The molecule has 1 aliphatic heterocycles. The minimum absolute atomic E-state index is 0.152. The van der Waals surface area contributed by atoms with Gasteiger partial charge in [0.1, 0.15) is 18.2 Å².